The molecule has 0 bridgehead atoms. The quantitative estimate of drug-likeness (QED) is 0.766. The fourth-order valence-corrected chi connectivity index (χ4v) is 3.24. The number of hydrogen-bond donors (Lipinski definition) is 1. The van der Waals surface area contributed by atoms with E-state index in [4.69, 9.17) is 0 Å². The van der Waals surface area contributed by atoms with Crippen molar-refractivity contribution in [3.05, 3.63) is 0 Å². The summed E-state index contributed by atoms with van der Waals surface area (Å²) >= 11 is 0. The lowest BCUT2D eigenvalue weighted by Crippen LogP contribution is -2.45. The van der Waals surface area contributed by atoms with E-state index < -0.39 is 5.97 Å². The Morgan fingerprint density at radius 1 is 1.22 bits per heavy atom. The molecule has 0 amide bonds. The summed E-state index contributed by atoms with van der Waals surface area (Å²) < 4.78 is 0. The molecule has 3 atom stereocenters. The predicted molar refractivity (Wildman–Crippen MR) is 74.7 cm³/mol. The van der Waals surface area contributed by atoms with Crippen LogP contribution in [0.4, 0.5) is 0 Å². The molecule has 1 aliphatic carbocycles. The number of aliphatic carboxylic acids is 1. The molecular formula is C15H29NO2. The first-order valence-electron chi connectivity index (χ1n) is 7.38. The van der Waals surface area contributed by atoms with Crippen molar-refractivity contribution in [1.82, 2.24) is 4.90 Å². The number of nitrogens with zero attached hydrogens (tertiary/aromatic N) is 1. The smallest absolute Gasteiger partial charge is 0.308 e. The van der Waals surface area contributed by atoms with Crippen molar-refractivity contribution in [2.24, 2.45) is 11.8 Å². The van der Waals surface area contributed by atoms with Crippen molar-refractivity contribution >= 4 is 5.97 Å². The maximum Gasteiger partial charge on any atom is 0.308 e. The monoisotopic (exact) mass is 255 g/mol. The van der Waals surface area contributed by atoms with E-state index in [0.717, 1.165) is 25.7 Å². The highest BCUT2D eigenvalue weighted by Crippen LogP contribution is 2.29. The van der Waals surface area contributed by atoms with Gasteiger partial charge in [0.15, 0.2) is 0 Å². The van der Waals surface area contributed by atoms with Gasteiger partial charge in [0.05, 0.1) is 5.92 Å². The van der Waals surface area contributed by atoms with Crippen molar-refractivity contribution in [1.29, 1.82) is 0 Å². The Balaban J connectivity index is 2.71. The highest BCUT2D eigenvalue weighted by molar-refractivity contribution is 5.70. The minimum atomic E-state index is -0.606. The first-order valence-corrected chi connectivity index (χ1v) is 7.38. The van der Waals surface area contributed by atoms with Crippen LogP contribution in [0.3, 0.4) is 0 Å². The summed E-state index contributed by atoms with van der Waals surface area (Å²) in [6.07, 6.45) is 6.45. The van der Waals surface area contributed by atoms with E-state index in [2.05, 4.69) is 32.7 Å². The van der Waals surface area contributed by atoms with E-state index in [9.17, 15) is 9.90 Å². The molecule has 1 aliphatic rings. The highest BCUT2D eigenvalue weighted by Gasteiger charge is 2.33. The number of rotatable bonds is 5. The molecular weight excluding hydrogens is 226 g/mol. The molecule has 1 rings (SSSR count). The van der Waals surface area contributed by atoms with Crippen molar-refractivity contribution in [3.8, 4) is 0 Å². The zero-order valence-corrected chi connectivity index (χ0v) is 12.4. The van der Waals surface area contributed by atoms with E-state index in [0.29, 0.717) is 12.0 Å². The molecule has 1 fully saturated rings. The molecule has 0 aromatic carbocycles. The van der Waals surface area contributed by atoms with Gasteiger partial charge in [0.1, 0.15) is 0 Å². The Kier molecular flexibility index (Phi) is 6.13. The second-order valence-electron chi connectivity index (χ2n) is 6.29. The normalized spacial score (nSPS) is 27.2. The van der Waals surface area contributed by atoms with Crippen LogP contribution in [0, 0.1) is 11.8 Å². The van der Waals surface area contributed by atoms with E-state index in [1.54, 1.807) is 0 Å². The Morgan fingerprint density at radius 2 is 1.83 bits per heavy atom. The Hall–Kier alpha value is -0.570. The summed E-state index contributed by atoms with van der Waals surface area (Å²) in [6.45, 7) is 6.68. The van der Waals surface area contributed by atoms with Gasteiger partial charge in [0, 0.05) is 12.1 Å². The van der Waals surface area contributed by atoms with Crippen molar-refractivity contribution in [2.45, 2.75) is 71.4 Å². The average Bonchev–Trinajstić information content (AvgIpc) is 2.52. The van der Waals surface area contributed by atoms with Gasteiger partial charge >= 0.3 is 5.97 Å². The van der Waals surface area contributed by atoms with Crippen LogP contribution >= 0.6 is 0 Å². The summed E-state index contributed by atoms with van der Waals surface area (Å²) in [5, 5.41) is 9.42. The molecule has 18 heavy (non-hydrogen) atoms. The first-order chi connectivity index (χ1) is 8.43. The topological polar surface area (TPSA) is 40.5 Å². The van der Waals surface area contributed by atoms with Crippen LogP contribution in [0.15, 0.2) is 0 Å². The van der Waals surface area contributed by atoms with Crippen molar-refractivity contribution in [3.63, 3.8) is 0 Å². The predicted octanol–water partition coefficient (Wildman–Crippen LogP) is 3.39. The summed E-state index contributed by atoms with van der Waals surface area (Å²) in [5.74, 6) is -0.117. The van der Waals surface area contributed by atoms with Crippen LogP contribution in [0.25, 0.3) is 0 Å². The molecule has 0 aromatic heterocycles. The first kappa shape index (κ1) is 15.5. The van der Waals surface area contributed by atoms with E-state index in [1.807, 2.05) is 0 Å². The fraction of sp³-hybridized carbons (Fsp3) is 0.933. The molecule has 0 saturated heterocycles. The highest BCUT2D eigenvalue weighted by atomic mass is 16.4. The lowest BCUT2D eigenvalue weighted by Gasteiger charge is -2.36. The van der Waals surface area contributed by atoms with E-state index in [-0.39, 0.29) is 12.0 Å². The molecule has 3 heteroatoms. The number of carboxylic acids is 1. The Morgan fingerprint density at radius 3 is 2.39 bits per heavy atom. The Bertz CT molecular complexity index is 265. The molecule has 0 aliphatic heterocycles. The number of hydrogen-bond acceptors (Lipinski definition) is 2. The van der Waals surface area contributed by atoms with Crippen LogP contribution in [0.1, 0.15) is 59.3 Å². The molecule has 3 unspecified atom stereocenters. The van der Waals surface area contributed by atoms with Crippen LogP contribution < -0.4 is 0 Å². The summed E-state index contributed by atoms with van der Waals surface area (Å²) in [6, 6.07) is 0.689. The standard InChI is InChI=1S/C15H29NO2/c1-11(2)10-12(3)16(4)14-9-7-5-6-8-13(14)15(17)18/h11-14H,5-10H2,1-4H3,(H,17,18). The zero-order valence-electron chi connectivity index (χ0n) is 12.4. The summed E-state index contributed by atoms with van der Waals surface area (Å²) in [5.41, 5.74) is 0. The number of carboxylic acid groups (broad SMARTS) is 1. The zero-order chi connectivity index (χ0) is 13.7. The summed E-state index contributed by atoms with van der Waals surface area (Å²) in [7, 11) is 2.11. The maximum absolute atomic E-state index is 11.4. The second kappa shape index (κ2) is 7.13. The van der Waals surface area contributed by atoms with Crippen molar-refractivity contribution < 1.29 is 9.90 Å². The SMILES string of the molecule is CC(C)CC(C)N(C)C1CCCCCC1C(=O)O. The average molecular weight is 255 g/mol. The molecule has 106 valence electrons. The van der Waals surface area contributed by atoms with Crippen LogP contribution in [0.2, 0.25) is 0 Å². The largest absolute Gasteiger partial charge is 0.481 e. The molecule has 0 aromatic rings. The van der Waals surface area contributed by atoms with Gasteiger partial charge in [0.25, 0.3) is 0 Å². The third kappa shape index (κ3) is 4.27. The van der Waals surface area contributed by atoms with Gasteiger partial charge in [-0.05, 0) is 39.2 Å². The Labute approximate surface area is 112 Å². The third-order valence-corrected chi connectivity index (χ3v) is 4.33. The maximum atomic E-state index is 11.4. The molecule has 3 nitrogen and oxygen atoms in total. The van der Waals surface area contributed by atoms with Gasteiger partial charge < -0.3 is 5.11 Å². The molecule has 0 heterocycles. The summed E-state index contributed by atoms with van der Waals surface area (Å²) in [4.78, 5) is 13.8. The minimum Gasteiger partial charge on any atom is -0.481 e. The molecule has 1 N–H and O–H groups in total. The van der Waals surface area contributed by atoms with Crippen LogP contribution in [-0.2, 0) is 4.79 Å². The lowest BCUT2D eigenvalue weighted by molar-refractivity contribution is -0.144. The van der Waals surface area contributed by atoms with E-state index in [1.165, 1.54) is 12.8 Å². The van der Waals surface area contributed by atoms with Crippen LogP contribution in [0.5, 0.6) is 0 Å². The van der Waals surface area contributed by atoms with Gasteiger partial charge in [-0.2, -0.15) is 0 Å². The van der Waals surface area contributed by atoms with Gasteiger partial charge in [-0.3, -0.25) is 9.69 Å². The fourth-order valence-electron chi connectivity index (χ4n) is 3.24. The second-order valence-corrected chi connectivity index (χ2v) is 6.29. The molecule has 0 radical (unpaired) electrons. The molecule has 0 spiro atoms. The minimum absolute atomic E-state index is 0.174. The van der Waals surface area contributed by atoms with E-state index >= 15 is 0 Å². The van der Waals surface area contributed by atoms with Gasteiger partial charge in [0.2, 0.25) is 0 Å². The van der Waals surface area contributed by atoms with Gasteiger partial charge in [-0.1, -0.05) is 33.1 Å². The number of carbonyl (C=O) groups is 1. The van der Waals surface area contributed by atoms with Gasteiger partial charge in [-0.15, -0.1) is 0 Å². The van der Waals surface area contributed by atoms with Crippen molar-refractivity contribution in [2.75, 3.05) is 7.05 Å². The lowest BCUT2D eigenvalue weighted by atomic mass is 9.91. The third-order valence-electron chi connectivity index (χ3n) is 4.33. The molecule has 1 saturated carbocycles. The van der Waals surface area contributed by atoms with Gasteiger partial charge in [-0.25, -0.2) is 0 Å². The van der Waals surface area contributed by atoms with Crippen LogP contribution in [-0.4, -0.2) is 35.1 Å².